The van der Waals surface area contributed by atoms with Gasteiger partial charge in [-0.1, -0.05) is 19.9 Å². The standard InChI is InChI=1S/C17H25N3O3/c1-10(2)8-17(4,9-18)20-16(22)12-6-5-7-13-14(12)23-11(3)15(21)19-13/h5-7,10-11H,8-9,18H2,1-4H3,(H,19,21)(H,20,22). The minimum absolute atomic E-state index is 0.221. The van der Waals surface area contributed by atoms with E-state index in [0.717, 1.165) is 6.42 Å². The third-order valence-electron chi connectivity index (χ3n) is 3.91. The number of para-hydroxylation sites is 1. The number of hydrogen-bond acceptors (Lipinski definition) is 4. The molecule has 1 aliphatic heterocycles. The lowest BCUT2D eigenvalue weighted by atomic mass is 9.90. The smallest absolute Gasteiger partial charge is 0.265 e. The topological polar surface area (TPSA) is 93.4 Å². The number of rotatable bonds is 5. The van der Waals surface area contributed by atoms with Gasteiger partial charge in [-0.3, -0.25) is 9.59 Å². The van der Waals surface area contributed by atoms with Crippen LogP contribution in [0.15, 0.2) is 18.2 Å². The molecule has 0 aliphatic carbocycles. The summed E-state index contributed by atoms with van der Waals surface area (Å²) in [7, 11) is 0. The quantitative estimate of drug-likeness (QED) is 0.772. The summed E-state index contributed by atoms with van der Waals surface area (Å²) in [5.74, 6) is 0.338. The first-order valence-electron chi connectivity index (χ1n) is 7.89. The molecule has 1 aromatic rings. The van der Waals surface area contributed by atoms with E-state index in [1.54, 1.807) is 25.1 Å². The molecule has 0 radical (unpaired) electrons. The summed E-state index contributed by atoms with van der Waals surface area (Å²) in [5, 5.41) is 5.76. The van der Waals surface area contributed by atoms with Gasteiger partial charge in [0.15, 0.2) is 11.9 Å². The van der Waals surface area contributed by atoms with E-state index in [1.807, 2.05) is 6.92 Å². The Kier molecular flexibility index (Phi) is 4.94. The molecule has 0 fully saturated rings. The first-order chi connectivity index (χ1) is 10.8. The molecule has 0 aromatic heterocycles. The van der Waals surface area contributed by atoms with E-state index >= 15 is 0 Å². The van der Waals surface area contributed by atoms with Gasteiger partial charge < -0.3 is 21.1 Å². The van der Waals surface area contributed by atoms with Crippen molar-refractivity contribution < 1.29 is 14.3 Å². The molecule has 0 saturated heterocycles. The molecule has 0 bridgehead atoms. The molecule has 2 rings (SSSR count). The molecule has 23 heavy (non-hydrogen) atoms. The second-order valence-corrected chi connectivity index (χ2v) is 6.75. The van der Waals surface area contributed by atoms with Crippen molar-refractivity contribution in [3.05, 3.63) is 23.8 Å². The predicted octanol–water partition coefficient (Wildman–Crippen LogP) is 1.90. The largest absolute Gasteiger partial charge is 0.478 e. The maximum Gasteiger partial charge on any atom is 0.265 e. The Morgan fingerprint density at radius 3 is 2.78 bits per heavy atom. The van der Waals surface area contributed by atoms with E-state index in [0.29, 0.717) is 29.5 Å². The van der Waals surface area contributed by atoms with Gasteiger partial charge in [0.2, 0.25) is 0 Å². The molecular weight excluding hydrogens is 294 g/mol. The van der Waals surface area contributed by atoms with E-state index in [9.17, 15) is 9.59 Å². The minimum atomic E-state index is -0.631. The number of anilines is 1. The lowest BCUT2D eigenvalue weighted by Gasteiger charge is -2.32. The van der Waals surface area contributed by atoms with E-state index in [1.165, 1.54) is 0 Å². The van der Waals surface area contributed by atoms with Crippen LogP contribution in [-0.4, -0.2) is 30.0 Å². The van der Waals surface area contributed by atoms with Crippen LogP contribution in [-0.2, 0) is 4.79 Å². The van der Waals surface area contributed by atoms with Crippen molar-refractivity contribution in [2.45, 2.75) is 45.8 Å². The van der Waals surface area contributed by atoms with Gasteiger partial charge >= 0.3 is 0 Å². The summed E-state index contributed by atoms with van der Waals surface area (Å²) in [5.41, 5.74) is 6.28. The maximum atomic E-state index is 12.7. The zero-order valence-corrected chi connectivity index (χ0v) is 14.1. The zero-order valence-electron chi connectivity index (χ0n) is 14.1. The van der Waals surface area contributed by atoms with Crippen molar-refractivity contribution in [3.8, 4) is 5.75 Å². The molecule has 0 saturated carbocycles. The van der Waals surface area contributed by atoms with Crippen molar-refractivity contribution in [2.75, 3.05) is 11.9 Å². The van der Waals surface area contributed by atoms with Crippen LogP contribution < -0.4 is 21.1 Å². The molecule has 2 unspecified atom stereocenters. The number of nitrogens with two attached hydrogens (primary N) is 1. The van der Waals surface area contributed by atoms with Crippen molar-refractivity contribution >= 4 is 17.5 Å². The Morgan fingerprint density at radius 1 is 1.48 bits per heavy atom. The third kappa shape index (κ3) is 3.82. The Labute approximate surface area is 136 Å². The molecule has 1 aromatic carbocycles. The summed E-state index contributed by atoms with van der Waals surface area (Å²) in [6.07, 6.45) is 0.145. The van der Waals surface area contributed by atoms with E-state index in [-0.39, 0.29) is 11.8 Å². The van der Waals surface area contributed by atoms with Crippen LogP contribution >= 0.6 is 0 Å². The van der Waals surface area contributed by atoms with Gasteiger partial charge in [0.1, 0.15) is 0 Å². The summed E-state index contributed by atoms with van der Waals surface area (Å²) < 4.78 is 5.62. The van der Waals surface area contributed by atoms with Gasteiger partial charge in [0.25, 0.3) is 11.8 Å². The first kappa shape index (κ1) is 17.3. The number of nitrogens with one attached hydrogen (secondary N) is 2. The minimum Gasteiger partial charge on any atom is -0.478 e. The Balaban J connectivity index is 2.27. The van der Waals surface area contributed by atoms with Gasteiger partial charge in [0, 0.05) is 12.1 Å². The second kappa shape index (κ2) is 6.58. The fraction of sp³-hybridized carbons (Fsp3) is 0.529. The molecule has 1 aliphatic rings. The van der Waals surface area contributed by atoms with Gasteiger partial charge in [0.05, 0.1) is 11.3 Å². The Morgan fingerprint density at radius 2 is 2.17 bits per heavy atom. The first-order valence-corrected chi connectivity index (χ1v) is 7.89. The van der Waals surface area contributed by atoms with Crippen molar-refractivity contribution in [1.29, 1.82) is 0 Å². The average Bonchev–Trinajstić information content (AvgIpc) is 2.47. The van der Waals surface area contributed by atoms with E-state index in [2.05, 4.69) is 24.5 Å². The lowest BCUT2D eigenvalue weighted by molar-refractivity contribution is -0.122. The molecule has 4 N–H and O–H groups in total. The number of hydrogen-bond donors (Lipinski definition) is 3. The van der Waals surface area contributed by atoms with Crippen molar-refractivity contribution in [2.24, 2.45) is 11.7 Å². The number of ether oxygens (including phenoxy) is 1. The highest BCUT2D eigenvalue weighted by atomic mass is 16.5. The fourth-order valence-corrected chi connectivity index (χ4v) is 2.83. The van der Waals surface area contributed by atoms with Crippen LogP contribution in [0.4, 0.5) is 5.69 Å². The van der Waals surface area contributed by atoms with Crippen LogP contribution in [0.2, 0.25) is 0 Å². The van der Waals surface area contributed by atoms with Crippen LogP contribution in [0.5, 0.6) is 5.75 Å². The number of carbonyl (C=O) groups excluding carboxylic acids is 2. The molecule has 2 amide bonds. The van der Waals surface area contributed by atoms with Crippen molar-refractivity contribution in [1.82, 2.24) is 5.32 Å². The zero-order chi connectivity index (χ0) is 17.2. The Bertz CT molecular complexity index is 615. The summed E-state index contributed by atoms with van der Waals surface area (Å²) in [6, 6.07) is 5.12. The average molecular weight is 319 g/mol. The summed E-state index contributed by atoms with van der Waals surface area (Å²) in [6.45, 7) is 8.11. The maximum absolute atomic E-state index is 12.7. The fourth-order valence-electron chi connectivity index (χ4n) is 2.83. The highest BCUT2D eigenvalue weighted by molar-refractivity contribution is 6.04. The van der Waals surface area contributed by atoms with E-state index in [4.69, 9.17) is 10.5 Å². The van der Waals surface area contributed by atoms with Gasteiger partial charge in [-0.05, 0) is 38.3 Å². The van der Waals surface area contributed by atoms with Gasteiger partial charge in [-0.25, -0.2) is 0 Å². The molecule has 6 nitrogen and oxygen atoms in total. The monoisotopic (exact) mass is 319 g/mol. The van der Waals surface area contributed by atoms with Gasteiger partial charge in [-0.15, -0.1) is 0 Å². The number of amides is 2. The van der Waals surface area contributed by atoms with Crippen LogP contribution in [0.3, 0.4) is 0 Å². The van der Waals surface area contributed by atoms with Crippen molar-refractivity contribution in [3.63, 3.8) is 0 Å². The molecule has 6 heteroatoms. The van der Waals surface area contributed by atoms with Crippen LogP contribution in [0, 0.1) is 5.92 Å². The van der Waals surface area contributed by atoms with Crippen LogP contribution in [0.1, 0.15) is 44.5 Å². The van der Waals surface area contributed by atoms with E-state index < -0.39 is 11.6 Å². The number of fused-ring (bicyclic) bond motifs is 1. The van der Waals surface area contributed by atoms with Crippen LogP contribution in [0.25, 0.3) is 0 Å². The molecule has 2 atom stereocenters. The van der Waals surface area contributed by atoms with Gasteiger partial charge in [-0.2, -0.15) is 0 Å². The predicted molar refractivity (Wildman–Crippen MR) is 89.5 cm³/mol. The molecular formula is C17H25N3O3. The number of benzene rings is 1. The SMILES string of the molecule is CC(C)CC(C)(CN)NC(=O)c1cccc2c1OC(C)C(=O)N2. The second-order valence-electron chi connectivity index (χ2n) is 6.75. The molecule has 1 heterocycles. The molecule has 0 spiro atoms. The Hall–Kier alpha value is -2.08. The normalized spacial score (nSPS) is 19.4. The third-order valence-corrected chi connectivity index (χ3v) is 3.91. The molecule has 126 valence electrons. The summed E-state index contributed by atoms with van der Waals surface area (Å²) >= 11 is 0. The lowest BCUT2D eigenvalue weighted by Crippen LogP contribution is -2.52. The highest BCUT2D eigenvalue weighted by Crippen LogP contribution is 2.33. The number of carbonyl (C=O) groups is 2. The summed E-state index contributed by atoms with van der Waals surface area (Å²) in [4.78, 5) is 24.4. The highest BCUT2D eigenvalue weighted by Gasteiger charge is 2.31.